The SMILES string of the molecule is CNC(=O)CN(C)CCC(=O)Nc1ccccc1C(N)=S. The second kappa shape index (κ2) is 8.33. The van der Waals surface area contributed by atoms with Crippen molar-refractivity contribution in [1.29, 1.82) is 0 Å². The average Bonchev–Trinajstić information content (AvgIpc) is 2.45. The summed E-state index contributed by atoms with van der Waals surface area (Å²) in [6.45, 7) is 0.738. The summed E-state index contributed by atoms with van der Waals surface area (Å²) in [5.41, 5.74) is 6.85. The maximum atomic E-state index is 11.9. The second-order valence-electron chi connectivity index (χ2n) is 4.62. The van der Waals surface area contributed by atoms with Crippen LogP contribution in [0.15, 0.2) is 24.3 Å². The Morgan fingerprint density at radius 2 is 1.95 bits per heavy atom. The molecule has 0 heterocycles. The molecular weight excluding hydrogens is 288 g/mol. The number of carbonyl (C=O) groups is 2. The summed E-state index contributed by atoms with van der Waals surface area (Å²) in [5.74, 6) is -0.237. The minimum absolute atomic E-state index is 0.0864. The number of anilines is 1. The average molecular weight is 308 g/mol. The van der Waals surface area contributed by atoms with Crippen LogP contribution in [0.4, 0.5) is 5.69 Å². The summed E-state index contributed by atoms with van der Waals surface area (Å²) in [6.07, 6.45) is 0.277. The third-order valence-corrected chi connectivity index (χ3v) is 3.10. The van der Waals surface area contributed by atoms with E-state index in [1.165, 1.54) is 0 Å². The molecule has 0 saturated carbocycles. The third kappa shape index (κ3) is 5.88. The molecule has 1 aromatic rings. The lowest BCUT2D eigenvalue weighted by atomic mass is 10.1. The number of hydrogen-bond donors (Lipinski definition) is 3. The van der Waals surface area contributed by atoms with Crippen LogP contribution in [0.25, 0.3) is 0 Å². The lowest BCUT2D eigenvalue weighted by molar-refractivity contribution is -0.122. The molecule has 2 amide bonds. The molecule has 7 heteroatoms. The molecule has 6 nitrogen and oxygen atoms in total. The maximum Gasteiger partial charge on any atom is 0.233 e. The van der Waals surface area contributed by atoms with Crippen LogP contribution < -0.4 is 16.4 Å². The smallest absolute Gasteiger partial charge is 0.233 e. The summed E-state index contributed by atoms with van der Waals surface area (Å²) >= 11 is 4.94. The van der Waals surface area contributed by atoms with E-state index in [1.807, 2.05) is 0 Å². The van der Waals surface area contributed by atoms with Crippen molar-refractivity contribution in [3.05, 3.63) is 29.8 Å². The van der Waals surface area contributed by atoms with Gasteiger partial charge in [-0.2, -0.15) is 0 Å². The first kappa shape index (κ1) is 17.1. The van der Waals surface area contributed by atoms with Gasteiger partial charge in [0, 0.05) is 25.6 Å². The first-order chi connectivity index (χ1) is 9.93. The highest BCUT2D eigenvalue weighted by Gasteiger charge is 2.10. The van der Waals surface area contributed by atoms with E-state index in [1.54, 1.807) is 43.3 Å². The molecule has 114 valence electrons. The van der Waals surface area contributed by atoms with E-state index < -0.39 is 0 Å². The van der Waals surface area contributed by atoms with Crippen molar-refractivity contribution in [2.45, 2.75) is 6.42 Å². The molecule has 0 unspecified atom stereocenters. The Kier molecular flexibility index (Phi) is 6.77. The lowest BCUT2D eigenvalue weighted by Crippen LogP contribution is -2.34. The van der Waals surface area contributed by atoms with E-state index in [2.05, 4.69) is 10.6 Å². The summed E-state index contributed by atoms with van der Waals surface area (Å²) in [7, 11) is 3.36. The highest BCUT2D eigenvalue weighted by Crippen LogP contribution is 2.14. The normalized spacial score (nSPS) is 10.2. The lowest BCUT2D eigenvalue weighted by Gasteiger charge is -2.15. The number of hydrogen-bond acceptors (Lipinski definition) is 4. The van der Waals surface area contributed by atoms with Gasteiger partial charge in [0.05, 0.1) is 12.2 Å². The van der Waals surface area contributed by atoms with E-state index in [9.17, 15) is 9.59 Å². The van der Waals surface area contributed by atoms with Gasteiger partial charge >= 0.3 is 0 Å². The summed E-state index contributed by atoms with van der Waals surface area (Å²) in [6, 6.07) is 7.12. The molecule has 0 atom stereocenters. The summed E-state index contributed by atoms with van der Waals surface area (Å²) < 4.78 is 0. The molecule has 21 heavy (non-hydrogen) atoms. The van der Waals surface area contributed by atoms with E-state index in [0.717, 1.165) is 0 Å². The standard InChI is InChI=1S/C14H20N4O2S/c1-16-13(20)9-18(2)8-7-12(19)17-11-6-4-3-5-10(11)14(15)21/h3-6H,7-9H2,1-2H3,(H2,15,21)(H,16,20)(H,17,19). The number of nitrogens with zero attached hydrogens (tertiary/aromatic N) is 1. The van der Waals surface area contributed by atoms with Gasteiger partial charge in [0.2, 0.25) is 11.8 Å². The highest BCUT2D eigenvalue weighted by atomic mass is 32.1. The Hall–Kier alpha value is -1.99. The highest BCUT2D eigenvalue weighted by molar-refractivity contribution is 7.80. The Bertz CT molecular complexity index is 533. The van der Waals surface area contributed by atoms with E-state index in [0.29, 0.717) is 17.8 Å². The monoisotopic (exact) mass is 308 g/mol. The van der Waals surface area contributed by atoms with Gasteiger partial charge in [-0.15, -0.1) is 0 Å². The fourth-order valence-electron chi connectivity index (χ4n) is 1.72. The van der Waals surface area contributed by atoms with Gasteiger partial charge in [-0.3, -0.25) is 14.5 Å². The molecule has 0 bridgehead atoms. The zero-order chi connectivity index (χ0) is 15.8. The van der Waals surface area contributed by atoms with Gasteiger partial charge in [-0.05, 0) is 19.2 Å². The number of amides is 2. The maximum absolute atomic E-state index is 11.9. The van der Waals surface area contributed by atoms with Crippen LogP contribution in [0.1, 0.15) is 12.0 Å². The number of carbonyl (C=O) groups excluding carboxylic acids is 2. The molecule has 0 radical (unpaired) electrons. The van der Waals surface area contributed by atoms with Crippen LogP contribution in [0.2, 0.25) is 0 Å². The molecule has 1 rings (SSSR count). The largest absolute Gasteiger partial charge is 0.389 e. The molecule has 0 aromatic heterocycles. The molecule has 0 saturated heterocycles. The van der Waals surface area contributed by atoms with Crippen LogP contribution >= 0.6 is 12.2 Å². The molecular formula is C14H20N4O2S. The van der Waals surface area contributed by atoms with Crippen molar-refractivity contribution in [2.24, 2.45) is 5.73 Å². The molecule has 0 aliphatic heterocycles. The minimum atomic E-state index is -0.151. The fourth-order valence-corrected chi connectivity index (χ4v) is 1.89. The number of thiocarbonyl (C=S) groups is 1. The van der Waals surface area contributed by atoms with Gasteiger partial charge in [0.25, 0.3) is 0 Å². The number of para-hydroxylation sites is 1. The summed E-state index contributed by atoms with van der Waals surface area (Å²) in [4.78, 5) is 25.1. The Balaban J connectivity index is 2.51. The topological polar surface area (TPSA) is 87.5 Å². The molecule has 0 aliphatic rings. The van der Waals surface area contributed by atoms with Crippen LogP contribution in [-0.2, 0) is 9.59 Å². The number of nitrogens with one attached hydrogen (secondary N) is 2. The number of benzene rings is 1. The fraction of sp³-hybridized carbons (Fsp3) is 0.357. The molecule has 4 N–H and O–H groups in total. The van der Waals surface area contributed by atoms with Crippen molar-refractivity contribution in [3.63, 3.8) is 0 Å². The molecule has 0 fully saturated rings. The Labute approximate surface area is 129 Å². The van der Waals surface area contributed by atoms with E-state index in [4.69, 9.17) is 18.0 Å². The quantitative estimate of drug-likeness (QED) is 0.632. The predicted molar refractivity (Wildman–Crippen MR) is 87.1 cm³/mol. The van der Waals surface area contributed by atoms with Gasteiger partial charge in [-0.1, -0.05) is 24.4 Å². The molecule has 0 spiro atoms. The van der Waals surface area contributed by atoms with Crippen molar-refractivity contribution in [3.8, 4) is 0 Å². The number of rotatable bonds is 7. The predicted octanol–water partition coefficient (Wildman–Crippen LogP) is 0.327. The van der Waals surface area contributed by atoms with Crippen LogP contribution in [-0.4, -0.2) is 48.9 Å². The van der Waals surface area contributed by atoms with E-state index >= 15 is 0 Å². The van der Waals surface area contributed by atoms with Crippen molar-refractivity contribution >= 4 is 34.7 Å². The van der Waals surface area contributed by atoms with E-state index in [-0.39, 0.29) is 29.8 Å². The zero-order valence-corrected chi connectivity index (χ0v) is 13.0. The van der Waals surface area contributed by atoms with Gasteiger partial charge in [-0.25, -0.2) is 0 Å². The Morgan fingerprint density at radius 1 is 1.29 bits per heavy atom. The number of likely N-dealkylation sites (N-methyl/N-ethyl adjacent to an activating group) is 2. The van der Waals surface area contributed by atoms with Gasteiger partial charge < -0.3 is 16.4 Å². The van der Waals surface area contributed by atoms with Crippen LogP contribution in [0.5, 0.6) is 0 Å². The van der Waals surface area contributed by atoms with Gasteiger partial charge in [0.1, 0.15) is 4.99 Å². The van der Waals surface area contributed by atoms with Gasteiger partial charge in [0.15, 0.2) is 0 Å². The minimum Gasteiger partial charge on any atom is -0.389 e. The van der Waals surface area contributed by atoms with Crippen LogP contribution in [0.3, 0.4) is 0 Å². The first-order valence-electron chi connectivity index (χ1n) is 6.52. The molecule has 1 aromatic carbocycles. The third-order valence-electron chi connectivity index (χ3n) is 2.88. The second-order valence-corrected chi connectivity index (χ2v) is 5.06. The molecule has 0 aliphatic carbocycles. The zero-order valence-electron chi connectivity index (χ0n) is 12.2. The summed E-state index contributed by atoms with van der Waals surface area (Å²) in [5, 5.41) is 5.31. The first-order valence-corrected chi connectivity index (χ1v) is 6.92. The van der Waals surface area contributed by atoms with Crippen molar-refractivity contribution in [2.75, 3.05) is 32.5 Å². The van der Waals surface area contributed by atoms with Crippen LogP contribution in [0, 0.1) is 0 Å². The van der Waals surface area contributed by atoms with Crippen molar-refractivity contribution in [1.82, 2.24) is 10.2 Å². The Morgan fingerprint density at radius 3 is 2.57 bits per heavy atom. The van der Waals surface area contributed by atoms with Crippen molar-refractivity contribution < 1.29 is 9.59 Å². The number of nitrogens with two attached hydrogens (primary N) is 1.